The topological polar surface area (TPSA) is 78.9 Å². The van der Waals surface area contributed by atoms with Gasteiger partial charge in [-0.05, 0) is 83.5 Å². The summed E-state index contributed by atoms with van der Waals surface area (Å²) in [5, 5.41) is 0. The average Bonchev–Trinajstić information content (AvgIpc) is 3.35. The van der Waals surface area contributed by atoms with Crippen LogP contribution in [0.1, 0.15) is 213 Å². The highest BCUT2D eigenvalue weighted by Gasteiger charge is 2.19. The zero-order valence-corrected chi connectivity index (χ0v) is 44.0. The van der Waals surface area contributed by atoms with Crippen LogP contribution in [0.15, 0.2) is 146 Å². The molecule has 0 amide bonds. The van der Waals surface area contributed by atoms with E-state index >= 15 is 0 Å². The summed E-state index contributed by atoms with van der Waals surface area (Å²) in [7, 11) is 0. The standard InChI is InChI=1S/C63H98O6/c1-4-7-10-13-16-19-22-25-27-29-31-33-35-38-41-44-47-50-53-56-62(65)68-59-60(58-67-61(64)55-52-49-46-43-40-37-24-21-18-15-12-9-6-3)69-63(66)57-54-51-48-45-42-39-36-34-32-30-28-26-23-20-17-14-11-8-5-2/h7,9-10,12-13,15-27,29,31,33,35,38,41,60H,4-6,8,11,14,28,30,32,34,36-37,39-40,42-59H2,1-3H3/b10-7-,12-9-,16-13-,18-15-,20-17-,22-19-,24-21-,26-23-,27-25-,31-29+,35-33-,41-38-. The van der Waals surface area contributed by atoms with Crippen LogP contribution in [0.2, 0.25) is 0 Å². The fourth-order valence-electron chi connectivity index (χ4n) is 7.00. The molecule has 0 radical (unpaired) electrons. The first-order valence-corrected chi connectivity index (χ1v) is 27.5. The van der Waals surface area contributed by atoms with Gasteiger partial charge in [0.1, 0.15) is 13.2 Å². The molecule has 1 unspecified atom stereocenters. The molecule has 1 atom stereocenters. The lowest BCUT2D eigenvalue weighted by atomic mass is 10.1. The molecular weight excluding hydrogens is 853 g/mol. The van der Waals surface area contributed by atoms with Crippen molar-refractivity contribution in [3.8, 4) is 0 Å². The van der Waals surface area contributed by atoms with Gasteiger partial charge in [0.25, 0.3) is 0 Å². The van der Waals surface area contributed by atoms with Crippen LogP contribution in [0.3, 0.4) is 0 Å². The second kappa shape index (κ2) is 55.9. The highest BCUT2D eigenvalue weighted by Crippen LogP contribution is 2.14. The van der Waals surface area contributed by atoms with Gasteiger partial charge in [0.15, 0.2) is 6.10 Å². The van der Waals surface area contributed by atoms with E-state index in [0.717, 1.165) is 96.3 Å². The molecule has 0 saturated carbocycles. The van der Waals surface area contributed by atoms with Crippen molar-refractivity contribution in [3.05, 3.63) is 146 Å². The van der Waals surface area contributed by atoms with Crippen LogP contribution in [-0.2, 0) is 28.6 Å². The number of allylic oxidation sites excluding steroid dienone is 24. The maximum atomic E-state index is 12.9. The molecule has 6 heteroatoms. The van der Waals surface area contributed by atoms with Crippen LogP contribution in [-0.4, -0.2) is 37.2 Å². The third-order valence-electron chi connectivity index (χ3n) is 11.1. The van der Waals surface area contributed by atoms with Crippen LogP contribution in [0.5, 0.6) is 0 Å². The van der Waals surface area contributed by atoms with E-state index in [4.69, 9.17) is 14.2 Å². The summed E-state index contributed by atoms with van der Waals surface area (Å²) in [6.07, 6.45) is 79.7. The molecule has 69 heavy (non-hydrogen) atoms. The lowest BCUT2D eigenvalue weighted by Gasteiger charge is -2.18. The van der Waals surface area contributed by atoms with Crippen LogP contribution < -0.4 is 0 Å². The molecule has 0 aliphatic heterocycles. The minimum absolute atomic E-state index is 0.111. The lowest BCUT2D eigenvalue weighted by Crippen LogP contribution is -2.30. The van der Waals surface area contributed by atoms with Crippen LogP contribution in [0.25, 0.3) is 0 Å². The molecule has 0 bridgehead atoms. The van der Waals surface area contributed by atoms with E-state index in [9.17, 15) is 14.4 Å². The SMILES string of the molecule is CC\C=C/C=C\C=C/C=C\C=C\C=C/C=C\CCCCCC(=O)OCC(COC(=O)CCCCCCC\C=C/C=C\C=C/CC)OC(=O)CCCCCCCCCCCC/C=C\C=C/CCCCC. The summed E-state index contributed by atoms with van der Waals surface area (Å²) in [6, 6.07) is 0. The Kier molecular flexibility index (Phi) is 52.1. The number of hydrogen-bond acceptors (Lipinski definition) is 6. The first-order valence-electron chi connectivity index (χ1n) is 27.5. The number of hydrogen-bond donors (Lipinski definition) is 0. The van der Waals surface area contributed by atoms with Crippen LogP contribution in [0.4, 0.5) is 0 Å². The first kappa shape index (κ1) is 64.3. The Labute approximate surface area is 423 Å². The maximum Gasteiger partial charge on any atom is 0.306 e. The van der Waals surface area contributed by atoms with Crippen molar-refractivity contribution in [3.63, 3.8) is 0 Å². The molecule has 0 aliphatic carbocycles. The van der Waals surface area contributed by atoms with E-state index in [1.165, 1.54) is 77.0 Å². The fraction of sp³-hybridized carbons (Fsp3) is 0.571. The summed E-state index contributed by atoms with van der Waals surface area (Å²) < 4.78 is 16.8. The van der Waals surface area contributed by atoms with Gasteiger partial charge in [-0.3, -0.25) is 14.4 Å². The molecule has 6 nitrogen and oxygen atoms in total. The second-order valence-electron chi connectivity index (χ2n) is 17.6. The Balaban J connectivity index is 4.53. The van der Waals surface area contributed by atoms with Gasteiger partial charge in [-0.2, -0.15) is 0 Å². The molecule has 0 aromatic heterocycles. The monoisotopic (exact) mass is 951 g/mol. The van der Waals surface area contributed by atoms with E-state index < -0.39 is 6.10 Å². The van der Waals surface area contributed by atoms with E-state index in [0.29, 0.717) is 19.3 Å². The third kappa shape index (κ3) is 54.1. The first-order chi connectivity index (χ1) is 34.0. The quantitative estimate of drug-likeness (QED) is 0.0262. The molecule has 0 rings (SSSR count). The van der Waals surface area contributed by atoms with Gasteiger partial charge in [-0.25, -0.2) is 0 Å². The van der Waals surface area contributed by atoms with Gasteiger partial charge >= 0.3 is 17.9 Å². The molecule has 0 aliphatic rings. The minimum atomic E-state index is -0.814. The number of rotatable bonds is 47. The predicted molar refractivity (Wildman–Crippen MR) is 297 cm³/mol. The summed E-state index contributed by atoms with van der Waals surface area (Å²) >= 11 is 0. The molecule has 0 aromatic rings. The van der Waals surface area contributed by atoms with Gasteiger partial charge in [0, 0.05) is 19.3 Å². The molecule has 386 valence electrons. The number of esters is 3. The summed E-state index contributed by atoms with van der Waals surface area (Å²) in [4.78, 5) is 38.1. The largest absolute Gasteiger partial charge is 0.462 e. The van der Waals surface area contributed by atoms with E-state index in [1.807, 2.05) is 72.9 Å². The Morgan fingerprint density at radius 3 is 0.913 bits per heavy atom. The van der Waals surface area contributed by atoms with Crippen molar-refractivity contribution >= 4 is 17.9 Å². The number of carbonyl (C=O) groups excluding carboxylic acids is 3. The smallest absolute Gasteiger partial charge is 0.306 e. The molecule has 0 N–H and O–H groups in total. The van der Waals surface area contributed by atoms with E-state index in [-0.39, 0.29) is 31.1 Å². The molecule has 0 fully saturated rings. The summed E-state index contributed by atoms with van der Waals surface area (Å²) in [6.45, 7) is 6.26. The number of unbranched alkanes of at least 4 members (excludes halogenated alkanes) is 21. The summed E-state index contributed by atoms with van der Waals surface area (Å²) in [5.74, 6) is -0.987. The number of carbonyl (C=O) groups is 3. The van der Waals surface area contributed by atoms with Crippen molar-refractivity contribution in [1.82, 2.24) is 0 Å². The summed E-state index contributed by atoms with van der Waals surface area (Å²) in [5.41, 5.74) is 0. The normalized spacial score (nSPS) is 13.3. The van der Waals surface area contributed by atoms with Crippen molar-refractivity contribution in [1.29, 1.82) is 0 Å². The minimum Gasteiger partial charge on any atom is -0.462 e. The zero-order valence-electron chi connectivity index (χ0n) is 44.0. The predicted octanol–water partition coefficient (Wildman–Crippen LogP) is 18.4. The zero-order chi connectivity index (χ0) is 50.0. The van der Waals surface area contributed by atoms with Gasteiger partial charge in [0.2, 0.25) is 0 Å². The molecule has 0 heterocycles. The van der Waals surface area contributed by atoms with Gasteiger partial charge in [0.05, 0.1) is 0 Å². The highest BCUT2D eigenvalue weighted by molar-refractivity contribution is 5.71. The Hall–Kier alpha value is -4.71. The maximum absolute atomic E-state index is 12.9. The molecule has 0 saturated heterocycles. The van der Waals surface area contributed by atoms with Gasteiger partial charge < -0.3 is 14.2 Å². The van der Waals surface area contributed by atoms with Crippen LogP contribution >= 0.6 is 0 Å². The Morgan fingerprint density at radius 2 is 0.565 bits per heavy atom. The molecule has 0 spiro atoms. The Morgan fingerprint density at radius 1 is 0.304 bits per heavy atom. The molecule has 0 aromatic carbocycles. The van der Waals surface area contributed by atoms with Crippen LogP contribution in [0, 0.1) is 0 Å². The van der Waals surface area contributed by atoms with E-state index in [1.54, 1.807) is 0 Å². The van der Waals surface area contributed by atoms with Gasteiger partial charge in [-0.15, -0.1) is 0 Å². The fourth-order valence-corrected chi connectivity index (χ4v) is 7.00. The highest BCUT2D eigenvalue weighted by atomic mass is 16.6. The van der Waals surface area contributed by atoms with Crippen molar-refractivity contribution in [2.75, 3.05) is 13.2 Å². The van der Waals surface area contributed by atoms with E-state index in [2.05, 4.69) is 93.7 Å². The third-order valence-corrected chi connectivity index (χ3v) is 11.1. The van der Waals surface area contributed by atoms with Crippen molar-refractivity contribution in [2.45, 2.75) is 219 Å². The second-order valence-corrected chi connectivity index (χ2v) is 17.6. The average molecular weight is 951 g/mol. The van der Waals surface area contributed by atoms with Crippen molar-refractivity contribution < 1.29 is 28.6 Å². The molecular formula is C63H98O6. The number of ether oxygens (including phenoxy) is 3. The Bertz CT molecular complexity index is 1560. The van der Waals surface area contributed by atoms with Crippen molar-refractivity contribution in [2.24, 2.45) is 0 Å². The lowest BCUT2D eigenvalue weighted by molar-refractivity contribution is -0.167. The van der Waals surface area contributed by atoms with Gasteiger partial charge in [-0.1, -0.05) is 256 Å².